The van der Waals surface area contributed by atoms with Crippen LogP contribution in [0.15, 0.2) is 28.4 Å². The number of carbonyl (C=O) groups is 1. The van der Waals surface area contributed by atoms with E-state index in [1.54, 1.807) is 6.07 Å². The van der Waals surface area contributed by atoms with E-state index in [0.717, 1.165) is 37.0 Å². The molecule has 2 aromatic rings. The lowest BCUT2D eigenvalue weighted by molar-refractivity contribution is 0.0956. The van der Waals surface area contributed by atoms with E-state index in [0.29, 0.717) is 17.8 Å². The van der Waals surface area contributed by atoms with E-state index in [2.05, 4.69) is 26.9 Å². The van der Waals surface area contributed by atoms with Gasteiger partial charge in [-0.2, -0.15) is 0 Å². The SMILES string of the molecule is CCc1noc2ncc(C(=O)NCC3=CCNCC3)cc12. The van der Waals surface area contributed by atoms with Crippen LogP contribution in [0, 0.1) is 0 Å². The number of fused-ring (bicyclic) bond motifs is 1. The van der Waals surface area contributed by atoms with Crippen LogP contribution in [0.25, 0.3) is 11.1 Å². The molecule has 2 aromatic heterocycles. The second kappa shape index (κ2) is 6.05. The molecule has 3 rings (SSSR count). The fourth-order valence-electron chi connectivity index (χ4n) is 2.38. The number of aromatic nitrogens is 2. The summed E-state index contributed by atoms with van der Waals surface area (Å²) in [5, 5.41) is 10.9. The van der Waals surface area contributed by atoms with Crippen molar-refractivity contribution in [3.05, 3.63) is 35.2 Å². The first kappa shape index (κ1) is 13.8. The highest BCUT2D eigenvalue weighted by Crippen LogP contribution is 2.18. The van der Waals surface area contributed by atoms with E-state index in [1.165, 1.54) is 11.8 Å². The molecule has 3 heterocycles. The maximum absolute atomic E-state index is 12.2. The van der Waals surface area contributed by atoms with Crippen molar-refractivity contribution in [2.24, 2.45) is 0 Å². The molecule has 0 saturated carbocycles. The largest absolute Gasteiger partial charge is 0.348 e. The molecule has 2 N–H and O–H groups in total. The Balaban J connectivity index is 1.73. The van der Waals surface area contributed by atoms with Crippen molar-refractivity contribution in [3.8, 4) is 0 Å². The van der Waals surface area contributed by atoms with E-state index in [4.69, 9.17) is 4.52 Å². The van der Waals surface area contributed by atoms with Crippen molar-refractivity contribution >= 4 is 17.0 Å². The molecule has 1 aliphatic heterocycles. The molecule has 6 nitrogen and oxygen atoms in total. The number of aryl methyl sites for hydroxylation is 1. The zero-order valence-corrected chi connectivity index (χ0v) is 12.0. The predicted octanol–water partition coefficient (Wildman–Crippen LogP) is 1.43. The lowest BCUT2D eigenvalue weighted by Crippen LogP contribution is -2.29. The smallest absolute Gasteiger partial charge is 0.257 e. The number of carbonyl (C=O) groups excluding carboxylic acids is 1. The Morgan fingerprint density at radius 3 is 3.19 bits per heavy atom. The Morgan fingerprint density at radius 1 is 1.52 bits per heavy atom. The Kier molecular flexibility index (Phi) is 3.96. The molecule has 0 atom stereocenters. The molecular weight excluding hydrogens is 268 g/mol. The fourth-order valence-corrected chi connectivity index (χ4v) is 2.38. The molecule has 0 radical (unpaired) electrons. The van der Waals surface area contributed by atoms with Gasteiger partial charge in [0, 0.05) is 19.3 Å². The Bertz CT molecular complexity index is 690. The first-order valence-corrected chi connectivity index (χ1v) is 7.19. The highest BCUT2D eigenvalue weighted by atomic mass is 16.5. The third-order valence-electron chi connectivity index (χ3n) is 3.64. The van der Waals surface area contributed by atoms with Gasteiger partial charge < -0.3 is 15.2 Å². The molecular formula is C15H18N4O2. The number of nitrogens with zero attached hydrogens (tertiary/aromatic N) is 2. The third kappa shape index (κ3) is 2.95. The van der Waals surface area contributed by atoms with Crippen LogP contribution >= 0.6 is 0 Å². The maximum atomic E-state index is 12.2. The van der Waals surface area contributed by atoms with Crippen molar-refractivity contribution < 1.29 is 9.32 Å². The second-order valence-corrected chi connectivity index (χ2v) is 5.06. The second-order valence-electron chi connectivity index (χ2n) is 5.06. The van der Waals surface area contributed by atoms with Crippen LogP contribution in [0.1, 0.15) is 29.4 Å². The molecule has 110 valence electrons. The van der Waals surface area contributed by atoms with Crippen LogP contribution in [0.2, 0.25) is 0 Å². The van der Waals surface area contributed by atoms with Crippen LogP contribution in [0.3, 0.4) is 0 Å². The van der Waals surface area contributed by atoms with Crippen molar-refractivity contribution in [1.29, 1.82) is 0 Å². The van der Waals surface area contributed by atoms with E-state index in [1.807, 2.05) is 6.92 Å². The number of rotatable bonds is 4. The molecule has 0 spiro atoms. The average molecular weight is 286 g/mol. The number of hydrogen-bond acceptors (Lipinski definition) is 5. The lowest BCUT2D eigenvalue weighted by atomic mass is 10.1. The van der Waals surface area contributed by atoms with Crippen molar-refractivity contribution in [3.63, 3.8) is 0 Å². The summed E-state index contributed by atoms with van der Waals surface area (Å²) in [7, 11) is 0. The molecule has 1 aliphatic rings. The van der Waals surface area contributed by atoms with E-state index < -0.39 is 0 Å². The van der Waals surface area contributed by atoms with Crippen molar-refractivity contribution in [2.75, 3.05) is 19.6 Å². The monoisotopic (exact) mass is 286 g/mol. The minimum Gasteiger partial charge on any atom is -0.348 e. The van der Waals surface area contributed by atoms with Gasteiger partial charge in [0.2, 0.25) is 0 Å². The van der Waals surface area contributed by atoms with Crippen LogP contribution in [-0.2, 0) is 6.42 Å². The molecule has 0 unspecified atom stereocenters. The summed E-state index contributed by atoms with van der Waals surface area (Å²) in [6, 6.07) is 1.80. The normalized spacial score (nSPS) is 15.0. The number of hydrogen-bond donors (Lipinski definition) is 2. The molecule has 0 saturated heterocycles. The van der Waals surface area contributed by atoms with Gasteiger partial charge in [0.05, 0.1) is 16.6 Å². The summed E-state index contributed by atoms with van der Waals surface area (Å²) in [6.45, 7) is 4.42. The average Bonchev–Trinajstić information content (AvgIpc) is 2.95. The Hall–Kier alpha value is -2.21. The summed E-state index contributed by atoms with van der Waals surface area (Å²) < 4.78 is 5.12. The van der Waals surface area contributed by atoms with Gasteiger partial charge in [-0.25, -0.2) is 4.98 Å². The summed E-state index contributed by atoms with van der Waals surface area (Å²) in [5.74, 6) is -0.118. The summed E-state index contributed by atoms with van der Waals surface area (Å²) in [5.41, 5.74) is 3.10. The van der Waals surface area contributed by atoms with Gasteiger partial charge in [0.1, 0.15) is 0 Å². The molecule has 0 aliphatic carbocycles. The highest BCUT2D eigenvalue weighted by Gasteiger charge is 2.13. The van der Waals surface area contributed by atoms with Crippen LogP contribution in [0.5, 0.6) is 0 Å². The van der Waals surface area contributed by atoms with Gasteiger partial charge in [0.25, 0.3) is 11.6 Å². The fraction of sp³-hybridized carbons (Fsp3) is 0.400. The first-order valence-electron chi connectivity index (χ1n) is 7.19. The number of nitrogens with one attached hydrogen (secondary N) is 2. The first-order chi connectivity index (χ1) is 10.3. The summed E-state index contributed by atoms with van der Waals surface area (Å²) in [6.07, 6.45) is 5.38. The Morgan fingerprint density at radius 2 is 2.43 bits per heavy atom. The van der Waals surface area contributed by atoms with Gasteiger partial charge in [0.15, 0.2) is 0 Å². The zero-order chi connectivity index (χ0) is 14.7. The highest BCUT2D eigenvalue weighted by molar-refractivity contribution is 5.97. The van der Waals surface area contributed by atoms with E-state index in [-0.39, 0.29) is 5.91 Å². The van der Waals surface area contributed by atoms with Gasteiger partial charge in [-0.3, -0.25) is 4.79 Å². The number of pyridine rings is 1. The zero-order valence-electron chi connectivity index (χ0n) is 12.0. The maximum Gasteiger partial charge on any atom is 0.257 e. The van der Waals surface area contributed by atoms with Gasteiger partial charge in [-0.15, -0.1) is 0 Å². The van der Waals surface area contributed by atoms with E-state index in [9.17, 15) is 4.79 Å². The van der Waals surface area contributed by atoms with Gasteiger partial charge in [-0.1, -0.05) is 23.7 Å². The van der Waals surface area contributed by atoms with Gasteiger partial charge >= 0.3 is 0 Å². The van der Waals surface area contributed by atoms with Crippen LogP contribution in [-0.4, -0.2) is 35.7 Å². The molecule has 6 heteroatoms. The van der Waals surface area contributed by atoms with E-state index >= 15 is 0 Å². The molecule has 0 fully saturated rings. The minimum absolute atomic E-state index is 0.118. The summed E-state index contributed by atoms with van der Waals surface area (Å²) in [4.78, 5) is 16.4. The standard InChI is InChI=1S/C15H18N4O2/c1-2-13-12-7-11(9-18-15(12)21-19-13)14(20)17-8-10-3-5-16-6-4-10/h3,7,9,16H,2,4-6,8H2,1H3,(H,17,20). The molecule has 21 heavy (non-hydrogen) atoms. The topological polar surface area (TPSA) is 80.0 Å². The third-order valence-corrected chi connectivity index (χ3v) is 3.64. The van der Waals surface area contributed by atoms with Gasteiger partial charge in [-0.05, 0) is 25.5 Å². The molecule has 1 amide bonds. The molecule has 0 aromatic carbocycles. The van der Waals surface area contributed by atoms with Crippen molar-refractivity contribution in [2.45, 2.75) is 19.8 Å². The lowest BCUT2D eigenvalue weighted by Gasteiger charge is -2.14. The minimum atomic E-state index is -0.118. The Labute approximate surface area is 122 Å². The molecule has 0 bridgehead atoms. The summed E-state index contributed by atoms with van der Waals surface area (Å²) >= 11 is 0. The number of amides is 1. The quantitative estimate of drug-likeness (QED) is 0.831. The van der Waals surface area contributed by atoms with Crippen LogP contribution < -0.4 is 10.6 Å². The van der Waals surface area contributed by atoms with Crippen molar-refractivity contribution in [1.82, 2.24) is 20.8 Å². The predicted molar refractivity (Wildman–Crippen MR) is 79.1 cm³/mol. The van der Waals surface area contributed by atoms with Crippen LogP contribution in [0.4, 0.5) is 0 Å².